The third-order valence-electron chi connectivity index (χ3n) is 2.50. The molecule has 0 bridgehead atoms. The molecule has 0 unspecified atom stereocenters. The van der Waals surface area contributed by atoms with Gasteiger partial charge in [0.1, 0.15) is 11.5 Å². The maximum absolute atomic E-state index is 11.7. The minimum atomic E-state index is -0.0350. The fourth-order valence-electron chi connectivity index (χ4n) is 1.54. The number of hydrogen-bond acceptors (Lipinski definition) is 4. The van der Waals surface area contributed by atoms with Gasteiger partial charge in [0, 0.05) is 19.7 Å². The largest absolute Gasteiger partial charge is 0.496 e. The summed E-state index contributed by atoms with van der Waals surface area (Å²) in [6, 6.07) is 3.43. The second-order valence-electron chi connectivity index (χ2n) is 3.83. The summed E-state index contributed by atoms with van der Waals surface area (Å²) in [5, 5.41) is 0. The quantitative estimate of drug-likeness (QED) is 0.792. The van der Waals surface area contributed by atoms with Crippen LogP contribution in [0.1, 0.15) is 5.56 Å². The number of ether oxygens (including phenoxy) is 2. The van der Waals surface area contributed by atoms with Crippen molar-refractivity contribution in [2.24, 2.45) is 0 Å². The molecular formula is C12H18N2O3. The van der Waals surface area contributed by atoms with Gasteiger partial charge >= 0.3 is 0 Å². The second-order valence-corrected chi connectivity index (χ2v) is 3.83. The molecular weight excluding hydrogens is 220 g/mol. The molecule has 1 aromatic rings. The number of rotatable bonds is 4. The van der Waals surface area contributed by atoms with Crippen molar-refractivity contribution in [2.45, 2.75) is 6.42 Å². The zero-order valence-electron chi connectivity index (χ0n) is 10.6. The van der Waals surface area contributed by atoms with Crippen LogP contribution in [0.25, 0.3) is 0 Å². The van der Waals surface area contributed by atoms with Crippen LogP contribution in [0, 0.1) is 0 Å². The van der Waals surface area contributed by atoms with Crippen LogP contribution in [0.4, 0.5) is 5.69 Å². The molecule has 94 valence electrons. The molecule has 0 aliphatic rings. The Morgan fingerprint density at radius 2 is 1.94 bits per heavy atom. The van der Waals surface area contributed by atoms with E-state index in [4.69, 9.17) is 15.2 Å². The first kappa shape index (κ1) is 13.2. The average molecular weight is 238 g/mol. The Morgan fingerprint density at radius 3 is 2.41 bits per heavy atom. The number of carbonyl (C=O) groups excluding carboxylic acids is 1. The number of methoxy groups -OCH3 is 2. The smallest absolute Gasteiger partial charge is 0.226 e. The fourth-order valence-corrected chi connectivity index (χ4v) is 1.54. The number of carbonyl (C=O) groups is 1. The van der Waals surface area contributed by atoms with E-state index in [0.29, 0.717) is 22.7 Å². The molecule has 1 aromatic carbocycles. The van der Waals surface area contributed by atoms with Crippen molar-refractivity contribution >= 4 is 11.6 Å². The van der Waals surface area contributed by atoms with Crippen LogP contribution in [0.2, 0.25) is 0 Å². The van der Waals surface area contributed by atoms with E-state index in [1.54, 1.807) is 33.3 Å². The van der Waals surface area contributed by atoms with Gasteiger partial charge in [0.15, 0.2) is 0 Å². The molecule has 0 aliphatic heterocycles. The number of benzene rings is 1. The van der Waals surface area contributed by atoms with Crippen molar-refractivity contribution in [3.63, 3.8) is 0 Å². The maximum atomic E-state index is 11.7. The van der Waals surface area contributed by atoms with Crippen LogP contribution in [0.5, 0.6) is 11.5 Å². The summed E-state index contributed by atoms with van der Waals surface area (Å²) in [7, 11) is 6.48. The molecule has 17 heavy (non-hydrogen) atoms. The lowest BCUT2D eigenvalue weighted by Gasteiger charge is -2.16. The first-order valence-electron chi connectivity index (χ1n) is 5.20. The van der Waals surface area contributed by atoms with E-state index >= 15 is 0 Å². The van der Waals surface area contributed by atoms with Gasteiger partial charge in [-0.3, -0.25) is 4.79 Å². The normalized spacial score (nSPS) is 9.88. The molecule has 1 amide bonds. The van der Waals surface area contributed by atoms with Gasteiger partial charge in [0.25, 0.3) is 0 Å². The predicted octanol–water partition coefficient (Wildman–Crippen LogP) is 0.917. The minimum absolute atomic E-state index is 0.0350. The molecule has 0 atom stereocenters. The Balaban J connectivity index is 3.18. The van der Waals surface area contributed by atoms with Crippen molar-refractivity contribution in [1.82, 2.24) is 4.90 Å². The van der Waals surface area contributed by atoms with Gasteiger partial charge in [-0.25, -0.2) is 0 Å². The first-order valence-corrected chi connectivity index (χ1v) is 5.20. The summed E-state index contributed by atoms with van der Waals surface area (Å²) in [5.74, 6) is 1.07. The zero-order chi connectivity index (χ0) is 13.0. The van der Waals surface area contributed by atoms with E-state index in [0.717, 1.165) is 0 Å². The Kier molecular flexibility index (Phi) is 4.20. The molecule has 0 aliphatic carbocycles. The number of nitrogens with zero attached hydrogens (tertiary/aromatic N) is 1. The number of hydrogen-bond donors (Lipinski definition) is 1. The van der Waals surface area contributed by atoms with Gasteiger partial charge < -0.3 is 20.1 Å². The zero-order valence-corrected chi connectivity index (χ0v) is 10.6. The maximum Gasteiger partial charge on any atom is 0.226 e. The van der Waals surface area contributed by atoms with Gasteiger partial charge in [-0.15, -0.1) is 0 Å². The van der Waals surface area contributed by atoms with Gasteiger partial charge in [0.05, 0.1) is 26.3 Å². The number of amides is 1. The highest BCUT2D eigenvalue weighted by molar-refractivity contribution is 5.81. The molecule has 0 saturated carbocycles. The summed E-state index contributed by atoms with van der Waals surface area (Å²) in [6.07, 6.45) is 0.199. The third-order valence-corrected chi connectivity index (χ3v) is 2.50. The molecule has 0 fully saturated rings. The fraction of sp³-hybridized carbons (Fsp3) is 0.417. The van der Waals surface area contributed by atoms with Crippen LogP contribution < -0.4 is 15.2 Å². The van der Waals surface area contributed by atoms with Crippen molar-refractivity contribution in [3.8, 4) is 11.5 Å². The highest BCUT2D eigenvalue weighted by Crippen LogP contribution is 2.34. The van der Waals surface area contributed by atoms with E-state index < -0.39 is 0 Å². The molecule has 0 spiro atoms. The van der Waals surface area contributed by atoms with E-state index in [-0.39, 0.29) is 12.3 Å². The van der Waals surface area contributed by atoms with Gasteiger partial charge in [-0.1, -0.05) is 0 Å². The highest BCUT2D eigenvalue weighted by atomic mass is 16.5. The van der Waals surface area contributed by atoms with Crippen molar-refractivity contribution in [3.05, 3.63) is 17.7 Å². The molecule has 0 saturated heterocycles. The van der Waals surface area contributed by atoms with Crippen molar-refractivity contribution < 1.29 is 14.3 Å². The Bertz CT molecular complexity index is 416. The molecule has 5 nitrogen and oxygen atoms in total. The standard InChI is InChI=1S/C12H18N2O3/c1-14(2)11(15)7-8-10(16-3)6-5-9(13)12(8)17-4/h5-6H,7,13H2,1-4H3. The Morgan fingerprint density at radius 1 is 1.29 bits per heavy atom. The molecule has 0 aromatic heterocycles. The van der Waals surface area contributed by atoms with E-state index in [1.165, 1.54) is 12.0 Å². The lowest BCUT2D eigenvalue weighted by Crippen LogP contribution is -2.24. The lowest BCUT2D eigenvalue weighted by atomic mass is 10.1. The molecule has 1 rings (SSSR count). The number of nitrogen functional groups attached to an aromatic ring is 1. The van der Waals surface area contributed by atoms with Gasteiger partial charge in [0.2, 0.25) is 5.91 Å². The van der Waals surface area contributed by atoms with Crippen LogP contribution in [-0.2, 0) is 11.2 Å². The van der Waals surface area contributed by atoms with Gasteiger partial charge in [-0.2, -0.15) is 0 Å². The predicted molar refractivity (Wildman–Crippen MR) is 66.4 cm³/mol. The number of anilines is 1. The Labute approximate surface area is 101 Å². The van der Waals surface area contributed by atoms with Crippen LogP contribution in [-0.4, -0.2) is 39.1 Å². The summed E-state index contributed by atoms with van der Waals surface area (Å²) >= 11 is 0. The second kappa shape index (κ2) is 5.43. The highest BCUT2D eigenvalue weighted by Gasteiger charge is 2.17. The van der Waals surface area contributed by atoms with E-state index in [1.807, 2.05) is 0 Å². The summed E-state index contributed by atoms with van der Waals surface area (Å²) < 4.78 is 10.4. The molecule has 5 heteroatoms. The minimum Gasteiger partial charge on any atom is -0.496 e. The molecule has 0 heterocycles. The topological polar surface area (TPSA) is 64.8 Å². The monoisotopic (exact) mass is 238 g/mol. The van der Waals surface area contributed by atoms with Crippen LogP contribution in [0.15, 0.2) is 12.1 Å². The average Bonchev–Trinajstić information content (AvgIpc) is 2.29. The summed E-state index contributed by atoms with van der Waals surface area (Å²) in [4.78, 5) is 13.2. The summed E-state index contributed by atoms with van der Waals surface area (Å²) in [5.41, 5.74) is 6.97. The molecule has 0 radical (unpaired) electrons. The summed E-state index contributed by atoms with van der Waals surface area (Å²) in [6.45, 7) is 0. The van der Waals surface area contributed by atoms with Crippen molar-refractivity contribution in [2.75, 3.05) is 34.0 Å². The lowest BCUT2D eigenvalue weighted by molar-refractivity contribution is -0.128. The van der Waals surface area contributed by atoms with Gasteiger partial charge in [-0.05, 0) is 12.1 Å². The number of likely N-dealkylation sites (N-methyl/N-ethyl adjacent to an activating group) is 1. The first-order chi connectivity index (χ1) is 8.01. The van der Waals surface area contributed by atoms with Crippen LogP contribution in [0.3, 0.4) is 0 Å². The van der Waals surface area contributed by atoms with Crippen molar-refractivity contribution in [1.29, 1.82) is 0 Å². The Hall–Kier alpha value is -1.91. The van der Waals surface area contributed by atoms with E-state index in [2.05, 4.69) is 0 Å². The SMILES string of the molecule is COc1ccc(N)c(OC)c1CC(=O)N(C)C. The van der Waals surface area contributed by atoms with Crippen LogP contribution >= 0.6 is 0 Å². The number of nitrogens with two attached hydrogens (primary N) is 1. The third kappa shape index (κ3) is 2.81. The molecule has 2 N–H and O–H groups in total. The van der Waals surface area contributed by atoms with E-state index in [9.17, 15) is 4.79 Å².